The summed E-state index contributed by atoms with van der Waals surface area (Å²) >= 11 is 7.04. The lowest BCUT2D eigenvalue weighted by atomic mass is 9.69. The number of hydrogen-bond acceptors (Lipinski definition) is 4. The minimum absolute atomic E-state index is 0.212. The monoisotopic (exact) mass is 461 g/mol. The summed E-state index contributed by atoms with van der Waals surface area (Å²) in [5.41, 5.74) is 2.66. The molecule has 0 saturated heterocycles. The number of nitriles is 1. The third-order valence-corrected chi connectivity index (χ3v) is 8.26. The van der Waals surface area contributed by atoms with Crippen LogP contribution in [-0.2, 0) is 12.8 Å². The Kier molecular flexibility index (Phi) is 6.32. The first-order valence-corrected chi connectivity index (χ1v) is 12.2. The Hall–Kier alpha value is -2.75. The molecule has 2 N–H and O–H groups in total. The molecule has 0 unspecified atom stereocenters. The van der Waals surface area contributed by atoms with Crippen LogP contribution in [0, 0.1) is 22.7 Å². The van der Waals surface area contributed by atoms with Crippen molar-refractivity contribution >= 4 is 50.3 Å². The van der Waals surface area contributed by atoms with Gasteiger partial charge in [0.15, 0.2) is 5.11 Å². The van der Waals surface area contributed by atoms with Crippen molar-refractivity contribution in [2.24, 2.45) is 11.3 Å². The lowest BCUT2D eigenvalue weighted by Gasteiger charge is -2.36. The fourth-order valence-electron chi connectivity index (χ4n) is 4.48. The SMILES string of the molecule is CCC(C)(C)[C@H]1CCc2c(sc(NC(=S)NC(=O)c3cccc4ccccc34)c2C#N)C1. The van der Waals surface area contributed by atoms with Gasteiger partial charge >= 0.3 is 0 Å². The van der Waals surface area contributed by atoms with Crippen molar-refractivity contribution < 1.29 is 4.79 Å². The van der Waals surface area contributed by atoms with Gasteiger partial charge in [-0.05, 0) is 65.2 Å². The smallest absolute Gasteiger partial charge is 0.258 e. The number of fused-ring (bicyclic) bond motifs is 2. The van der Waals surface area contributed by atoms with Gasteiger partial charge in [0.25, 0.3) is 5.91 Å². The maximum absolute atomic E-state index is 12.9. The van der Waals surface area contributed by atoms with Gasteiger partial charge in [0, 0.05) is 10.4 Å². The third-order valence-electron chi connectivity index (χ3n) is 6.88. The molecule has 0 bridgehead atoms. The predicted molar refractivity (Wildman–Crippen MR) is 136 cm³/mol. The molecule has 1 amide bonds. The highest BCUT2D eigenvalue weighted by Crippen LogP contribution is 2.45. The summed E-state index contributed by atoms with van der Waals surface area (Å²) in [6, 6.07) is 15.8. The number of nitrogens with one attached hydrogen (secondary N) is 2. The van der Waals surface area contributed by atoms with Crippen molar-refractivity contribution in [3.8, 4) is 6.07 Å². The second-order valence-corrected chi connectivity index (χ2v) is 10.5. The minimum Gasteiger partial charge on any atom is -0.323 e. The van der Waals surface area contributed by atoms with Crippen molar-refractivity contribution in [1.82, 2.24) is 5.32 Å². The molecule has 4 rings (SSSR count). The van der Waals surface area contributed by atoms with Crippen LogP contribution in [0.1, 0.15) is 60.0 Å². The van der Waals surface area contributed by atoms with Crippen LogP contribution < -0.4 is 10.6 Å². The fraction of sp³-hybridized carbons (Fsp3) is 0.346. The zero-order chi connectivity index (χ0) is 22.9. The molecule has 32 heavy (non-hydrogen) atoms. The van der Waals surface area contributed by atoms with Gasteiger partial charge in [-0.3, -0.25) is 10.1 Å². The van der Waals surface area contributed by atoms with Gasteiger partial charge in [0.2, 0.25) is 0 Å². The summed E-state index contributed by atoms with van der Waals surface area (Å²) in [6.45, 7) is 6.91. The molecule has 0 fully saturated rings. The lowest BCUT2D eigenvalue weighted by Crippen LogP contribution is -2.34. The van der Waals surface area contributed by atoms with Crippen LogP contribution >= 0.6 is 23.6 Å². The Morgan fingerprint density at radius 2 is 2.00 bits per heavy atom. The fourth-order valence-corrected chi connectivity index (χ4v) is 6.02. The zero-order valence-electron chi connectivity index (χ0n) is 18.6. The molecule has 1 aliphatic carbocycles. The van der Waals surface area contributed by atoms with Crippen LogP contribution in [-0.4, -0.2) is 11.0 Å². The summed E-state index contributed by atoms with van der Waals surface area (Å²) in [5.74, 6) is 0.347. The van der Waals surface area contributed by atoms with Crippen LogP contribution in [0.25, 0.3) is 10.8 Å². The molecule has 1 heterocycles. The predicted octanol–water partition coefficient (Wildman–Crippen LogP) is 6.44. The average Bonchev–Trinajstić information content (AvgIpc) is 3.14. The van der Waals surface area contributed by atoms with E-state index < -0.39 is 0 Å². The van der Waals surface area contributed by atoms with E-state index in [0.717, 1.165) is 47.0 Å². The van der Waals surface area contributed by atoms with Gasteiger partial charge in [0.05, 0.1) is 5.56 Å². The van der Waals surface area contributed by atoms with Crippen LogP contribution in [0.2, 0.25) is 0 Å². The highest BCUT2D eigenvalue weighted by Gasteiger charge is 2.34. The van der Waals surface area contributed by atoms with Gasteiger partial charge in [-0.2, -0.15) is 5.26 Å². The van der Waals surface area contributed by atoms with Crippen LogP contribution in [0.4, 0.5) is 5.00 Å². The number of anilines is 1. The molecule has 0 spiro atoms. The highest BCUT2D eigenvalue weighted by atomic mass is 32.1. The second-order valence-electron chi connectivity index (χ2n) is 9.04. The Bertz CT molecular complexity index is 1230. The molecule has 164 valence electrons. The Morgan fingerprint density at radius 3 is 2.75 bits per heavy atom. The largest absolute Gasteiger partial charge is 0.323 e. The number of amides is 1. The second kappa shape index (κ2) is 9.01. The molecule has 1 atom stereocenters. The summed E-state index contributed by atoms with van der Waals surface area (Å²) in [4.78, 5) is 14.2. The molecular formula is C26H27N3OS2. The number of carbonyl (C=O) groups is 1. The summed E-state index contributed by atoms with van der Waals surface area (Å²) in [6.07, 6.45) is 4.14. The van der Waals surface area contributed by atoms with E-state index in [1.165, 1.54) is 4.88 Å². The average molecular weight is 462 g/mol. The third kappa shape index (κ3) is 4.28. The Labute approximate surface area is 198 Å². The normalized spacial score (nSPS) is 15.6. The zero-order valence-corrected chi connectivity index (χ0v) is 20.3. The Balaban J connectivity index is 1.52. The molecule has 1 aliphatic rings. The minimum atomic E-state index is -0.260. The summed E-state index contributed by atoms with van der Waals surface area (Å²) < 4.78 is 0. The topological polar surface area (TPSA) is 64.9 Å². The standard InChI is InChI=1S/C26H27N3OS2/c1-4-26(2,3)17-12-13-19-21(15-27)24(32-22(19)14-17)29-25(31)28-23(30)20-11-7-9-16-8-5-6-10-18(16)20/h5-11,17H,4,12-14H2,1-3H3,(H2,28,29,30,31)/t17-/m0/s1. The van der Waals surface area contributed by atoms with Gasteiger partial charge in [-0.25, -0.2) is 0 Å². The highest BCUT2D eigenvalue weighted by molar-refractivity contribution is 7.80. The molecule has 4 nitrogen and oxygen atoms in total. The van der Waals surface area contributed by atoms with Crippen molar-refractivity contribution in [2.45, 2.75) is 46.5 Å². The van der Waals surface area contributed by atoms with Gasteiger partial charge in [-0.15, -0.1) is 11.3 Å². The van der Waals surface area contributed by atoms with E-state index >= 15 is 0 Å². The molecular weight excluding hydrogens is 434 g/mol. The van der Waals surface area contributed by atoms with Gasteiger partial charge < -0.3 is 5.32 Å². The number of thiophene rings is 1. The van der Waals surface area contributed by atoms with E-state index in [-0.39, 0.29) is 16.4 Å². The molecule has 2 aromatic carbocycles. The number of nitrogens with zero attached hydrogens (tertiary/aromatic N) is 1. The molecule has 6 heteroatoms. The van der Waals surface area contributed by atoms with E-state index in [1.54, 1.807) is 17.4 Å². The molecule has 1 aromatic heterocycles. The Morgan fingerprint density at radius 1 is 1.25 bits per heavy atom. The lowest BCUT2D eigenvalue weighted by molar-refractivity contribution is 0.0979. The summed E-state index contributed by atoms with van der Waals surface area (Å²) in [5, 5.41) is 18.6. The van der Waals surface area contributed by atoms with E-state index in [4.69, 9.17) is 12.2 Å². The van der Waals surface area contributed by atoms with Crippen LogP contribution in [0.3, 0.4) is 0 Å². The van der Waals surface area contributed by atoms with E-state index in [0.29, 0.717) is 17.0 Å². The van der Waals surface area contributed by atoms with E-state index in [9.17, 15) is 10.1 Å². The van der Waals surface area contributed by atoms with Gasteiger partial charge in [0.1, 0.15) is 11.1 Å². The van der Waals surface area contributed by atoms with E-state index in [1.807, 2.05) is 36.4 Å². The van der Waals surface area contributed by atoms with Gasteiger partial charge in [-0.1, -0.05) is 63.6 Å². The molecule has 0 aliphatic heterocycles. The molecule has 0 radical (unpaired) electrons. The molecule has 3 aromatic rings. The number of benzene rings is 2. The van der Waals surface area contributed by atoms with Crippen LogP contribution in [0.5, 0.6) is 0 Å². The van der Waals surface area contributed by atoms with Crippen molar-refractivity contribution in [2.75, 3.05) is 5.32 Å². The molecule has 0 saturated carbocycles. The summed E-state index contributed by atoms with van der Waals surface area (Å²) in [7, 11) is 0. The van der Waals surface area contributed by atoms with Crippen molar-refractivity contribution in [3.05, 3.63) is 64.0 Å². The first-order chi connectivity index (χ1) is 15.3. The number of rotatable bonds is 4. The van der Waals surface area contributed by atoms with E-state index in [2.05, 4.69) is 37.5 Å². The maximum atomic E-state index is 12.9. The van der Waals surface area contributed by atoms with Crippen LogP contribution in [0.15, 0.2) is 42.5 Å². The quantitative estimate of drug-likeness (QED) is 0.439. The number of thiocarbonyl (C=S) groups is 1. The number of carbonyl (C=O) groups excluding carboxylic acids is 1. The van der Waals surface area contributed by atoms with Crippen molar-refractivity contribution in [3.63, 3.8) is 0 Å². The van der Waals surface area contributed by atoms with Crippen molar-refractivity contribution in [1.29, 1.82) is 5.26 Å². The first kappa shape index (κ1) is 22.4. The maximum Gasteiger partial charge on any atom is 0.258 e. The number of hydrogen-bond donors (Lipinski definition) is 2. The first-order valence-electron chi connectivity index (χ1n) is 11.0.